The summed E-state index contributed by atoms with van der Waals surface area (Å²) in [5.74, 6) is 3.70. The van der Waals surface area contributed by atoms with E-state index >= 15 is 0 Å². The van der Waals surface area contributed by atoms with E-state index in [2.05, 4.69) is 25.8 Å². The van der Waals surface area contributed by atoms with Crippen molar-refractivity contribution in [2.24, 2.45) is 29.4 Å². The zero-order valence-corrected chi connectivity index (χ0v) is 13.5. The number of rotatable bonds is 6. The third-order valence-electron chi connectivity index (χ3n) is 6.47. The van der Waals surface area contributed by atoms with Crippen molar-refractivity contribution in [3.05, 3.63) is 0 Å². The summed E-state index contributed by atoms with van der Waals surface area (Å²) < 4.78 is 5.76. The van der Waals surface area contributed by atoms with Crippen LogP contribution in [0.3, 0.4) is 0 Å². The predicted octanol–water partition coefficient (Wildman–Crippen LogP) is 2.50. The van der Waals surface area contributed by atoms with Crippen molar-refractivity contribution >= 4 is 0 Å². The molecule has 116 valence electrons. The van der Waals surface area contributed by atoms with E-state index in [4.69, 9.17) is 10.5 Å². The summed E-state index contributed by atoms with van der Waals surface area (Å²) in [5, 5.41) is 0. The molecule has 4 aliphatic rings. The second-order valence-corrected chi connectivity index (χ2v) is 7.84. The molecule has 2 N–H and O–H groups in total. The van der Waals surface area contributed by atoms with Crippen LogP contribution in [-0.4, -0.2) is 43.3 Å². The van der Waals surface area contributed by atoms with Gasteiger partial charge in [0.1, 0.15) is 0 Å². The zero-order chi connectivity index (χ0) is 14.3. The Hall–Kier alpha value is -0.120. The van der Waals surface area contributed by atoms with Crippen LogP contribution in [0, 0.1) is 23.7 Å². The van der Waals surface area contributed by atoms with Crippen LogP contribution in [0.25, 0.3) is 0 Å². The van der Waals surface area contributed by atoms with Gasteiger partial charge in [-0.2, -0.15) is 0 Å². The molecular formula is C17H32N2O. The summed E-state index contributed by atoms with van der Waals surface area (Å²) in [4.78, 5) is 2.57. The summed E-state index contributed by atoms with van der Waals surface area (Å²) in [7, 11) is 2.29. The van der Waals surface area contributed by atoms with E-state index in [1.54, 1.807) is 0 Å². The first-order valence-corrected chi connectivity index (χ1v) is 8.59. The average Bonchev–Trinajstić information content (AvgIpc) is 2.38. The van der Waals surface area contributed by atoms with Gasteiger partial charge in [0.2, 0.25) is 0 Å². The molecular weight excluding hydrogens is 248 g/mol. The lowest BCUT2D eigenvalue weighted by Crippen LogP contribution is -2.68. The number of hydrogen-bond donors (Lipinski definition) is 1. The summed E-state index contributed by atoms with van der Waals surface area (Å²) in [6, 6.07) is 0. The van der Waals surface area contributed by atoms with Crippen molar-refractivity contribution in [2.75, 3.05) is 26.7 Å². The standard InChI is InChI=1S/C17H32N2O/c1-12(2)20-5-4-19(3)17(11-18)15-7-13-6-14(9-15)10-16(17)8-13/h12-16H,4-11,18H2,1-3H3. The molecule has 0 unspecified atom stereocenters. The molecule has 0 atom stereocenters. The fourth-order valence-electron chi connectivity index (χ4n) is 5.75. The van der Waals surface area contributed by atoms with E-state index < -0.39 is 0 Å². The fraction of sp³-hybridized carbons (Fsp3) is 1.00. The fourth-order valence-corrected chi connectivity index (χ4v) is 5.75. The third-order valence-corrected chi connectivity index (χ3v) is 6.47. The molecule has 3 nitrogen and oxygen atoms in total. The van der Waals surface area contributed by atoms with Gasteiger partial charge < -0.3 is 10.5 Å². The number of likely N-dealkylation sites (N-methyl/N-ethyl adjacent to an activating group) is 1. The van der Waals surface area contributed by atoms with Gasteiger partial charge in [-0.1, -0.05) is 0 Å². The van der Waals surface area contributed by atoms with Crippen LogP contribution in [0.5, 0.6) is 0 Å². The Kier molecular flexibility index (Phi) is 4.13. The molecule has 20 heavy (non-hydrogen) atoms. The van der Waals surface area contributed by atoms with Crippen molar-refractivity contribution < 1.29 is 4.74 Å². The van der Waals surface area contributed by atoms with Crippen LogP contribution in [0.4, 0.5) is 0 Å². The minimum Gasteiger partial charge on any atom is -0.377 e. The molecule has 0 aromatic rings. The molecule has 0 saturated heterocycles. The van der Waals surface area contributed by atoms with Crippen molar-refractivity contribution in [1.29, 1.82) is 0 Å². The Balaban J connectivity index is 1.70. The first-order valence-electron chi connectivity index (χ1n) is 8.59. The Morgan fingerprint density at radius 1 is 1.10 bits per heavy atom. The first-order chi connectivity index (χ1) is 9.56. The molecule has 4 rings (SSSR count). The monoisotopic (exact) mass is 280 g/mol. The van der Waals surface area contributed by atoms with Crippen LogP contribution >= 0.6 is 0 Å². The Morgan fingerprint density at radius 3 is 2.10 bits per heavy atom. The highest BCUT2D eigenvalue weighted by molar-refractivity contribution is 5.12. The molecule has 3 heteroatoms. The molecule has 0 aliphatic heterocycles. The van der Waals surface area contributed by atoms with Gasteiger partial charge in [0, 0.05) is 18.6 Å². The van der Waals surface area contributed by atoms with Gasteiger partial charge in [-0.15, -0.1) is 0 Å². The highest BCUT2D eigenvalue weighted by Crippen LogP contribution is 2.59. The first kappa shape index (κ1) is 14.8. The van der Waals surface area contributed by atoms with Gasteiger partial charge in [0.15, 0.2) is 0 Å². The maximum absolute atomic E-state index is 6.34. The van der Waals surface area contributed by atoms with Crippen LogP contribution in [-0.2, 0) is 4.74 Å². The topological polar surface area (TPSA) is 38.5 Å². The summed E-state index contributed by atoms with van der Waals surface area (Å²) in [6.07, 6.45) is 7.56. The van der Waals surface area contributed by atoms with Crippen LogP contribution in [0.15, 0.2) is 0 Å². The lowest BCUT2D eigenvalue weighted by atomic mass is 9.48. The molecule has 0 amide bonds. The molecule has 0 radical (unpaired) electrons. The van der Waals surface area contributed by atoms with Gasteiger partial charge in [-0.25, -0.2) is 0 Å². The van der Waals surface area contributed by atoms with Gasteiger partial charge in [-0.3, -0.25) is 4.90 Å². The maximum Gasteiger partial charge on any atom is 0.0597 e. The van der Waals surface area contributed by atoms with Crippen LogP contribution in [0.1, 0.15) is 46.0 Å². The molecule has 0 aromatic heterocycles. The number of nitrogens with two attached hydrogens (primary N) is 1. The molecule has 0 heterocycles. The molecule has 0 spiro atoms. The van der Waals surface area contributed by atoms with Gasteiger partial charge in [-0.05, 0) is 76.7 Å². The van der Waals surface area contributed by atoms with Crippen molar-refractivity contribution in [2.45, 2.75) is 57.6 Å². The zero-order valence-electron chi connectivity index (χ0n) is 13.5. The average molecular weight is 280 g/mol. The largest absolute Gasteiger partial charge is 0.377 e. The van der Waals surface area contributed by atoms with Crippen molar-refractivity contribution in [3.8, 4) is 0 Å². The normalized spacial score (nSPS) is 42.9. The number of hydrogen-bond acceptors (Lipinski definition) is 3. The van der Waals surface area contributed by atoms with E-state index in [0.717, 1.165) is 43.4 Å². The van der Waals surface area contributed by atoms with Gasteiger partial charge in [0.05, 0.1) is 12.7 Å². The lowest BCUT2D eigenvalue weighted by molar-refractivity contribution is -0.128. The van der Waals surface area contributed by atoms with E-state index in [-0.39, 0.29) is 5.54 Å². The quantitative estimate of drug-likeness (QED) is 0.812. The van der Waals surface area contributed by atoms with Crippen LogP contribution in [0.2, 0.25) is 0 Å². The number of ether oxygens (including phenoxy) is 1. The van der Waals surface area contributed by atoms with E-state index in [1.807, 2.05) is 0 Å². The Labute approximate surface area is 124 Å². The van der Waals surface area contributed by atoms with Gasteiger partial charge >= 0.3 is 0 Å². The van der Waals surface area contributed by atoms with E-state index in [9.17, 15) is 0 Å². The number of nitrogens with zero attached hydrogens (tertiary/aromatic N) is 1. The minimum atomic E-state index is 0.272. The second-order valence-electron chi connectivity index (χ2n) is 7.84. The highest BCUT2D eigenvalue weighted by Gasteiger charge is 2.57. The molecule has 4 fully saturated rings. The molecule has 0 aromatic carbocycles. The molecule has 4 aliphatic carbocycles. The van der Waals surface area contributed by atoms with Gasteiger partial charge in [0.25, 0.3) is 0 Å². The van der Waals surface area contributed by atoms with Crippen molar-refractivity contribution in [3.63, 3.8) is 0 Å². The summed E-state index contributed by atoms with van der Waals surface area (Å²) >= 11 is 0. The maximum atomic E-state index is 6.34. The predicted molar refractivity (Wildman–Crippen MR) is 82.5 cm³/mol. The SMILES string of the molecule is CC(C)OCCN(C)C1(CN)C2CC3CC(C2)CC1C3. The minimum absolute atomic E-state index is 0.272. The summed E-state index contributed by atoms with van der Waals surface area (Å²) in [5.41, 5.74) is 6.61. The molecule has 4 bridgehead atoms. The third kappa shape index (κ3) is 2.32. The smallest absolute Gasteiger partial charge is 0.0597 e. The van der Waals surface area contributed by atoms with Crippen LogP contribution < -0.4 is 5.73 Å². The highest BCUT2D eigenvalue weighted by atomic mass is 16.5. The molecule has 4 saturated carbocycles. The van der Waals surface area contributed by atoms with Crippen molar-refractivity contribution in [1.82, 2.24) is 4.90 Å². The Bertz CT molecular complexity index is 314. The van der Waals surface area contributed by atoms with E-state index in [1.165, 1.54) is 32.1 Å². The lowest BCUT2D eigenvalue weighted by Gasteiger charge is -2.64. The second kappa shape index (κ2) is 5.58. The van der Waals surface area contributed by atoms with E-state index in [0.29, 0.717) is 6.10 Å². The Morgan fingerprint density at radius 2 is 1.65 bits per heavy atom. The summed E-state index contributed by atoms with van der Waals surface area (Å²) in [6.45, 7) is 6.92.